The lowest BCUT2D eigenvalue weighted by atomic mass is 10.0. The summed E-state index contributed by atoms with van der Waals surface area (Å²) in [7, 11) is 0. The van der Waals surface area contributed by atoms with E-state index >= 15 is 0 Å². The fourth-order valence-electron chi connectivity index (χ4n) is 1.34. The van der Waals surface area contributed by atoms with Gasteiger partial charge in [0.05, 0.1) is 18.1 Å². The van der Waals surface area contributed by atoms with Crippen LogP contribution in [0.3, 0.4) is 0 Å². The molecule has 0 radical (unpaired) electrons. The van der Waals surface area contributed by atoms with Gasteiger partial charge in [-0.2, -0.15) is 18.4 Å². The van der Waals surface area contributed by atoms with Crippen LogP contribution < -0.4 is 5.73 Å². The van der Waals surface area contributed by atoms with Gasteiger partial charge < -0.3 is 5.73 Å². The Bertz CT molecular complexity index is 461. The Morgan fingerprint density at radius 3 is 2.41 bits per heavy atom. The maximum absolute atomic E-state index is 12.6. The van der Waals surface area contributed by atoms with E-state index in [0.717, 1.165) is 0 Å². The molecule has 2 N–H and O–H groups in total. The zero-order valence-corrected chi connectivity index (χ0v) is 8.22. The molecule has 8 heteroatoms. The number of nitrogens with two attached hydrogens (primary N) is 1. The van der Waals surface area contributed by atoms with Gasteiger partial charge in [-0.05, 0) is 0 Å². The molecule has 0 aromatic carbocycles. The summed E-state index contributed by atoms with van der Waals surface area (Å²) < 4.78 is 62.8. The van der Waals surface area contributed by atoms with Gasteiger partial charge in [0, 0.05) is 17.3 Å². The van der Waals surface area contributed by atoms with E-state index in [0.29, 0.717) is 6.20 Å². The van der Waals surface area contributed by atoms with Crippen LogP contribution in [0.5, 0.6) is 0 Å². The molecule has 1 aromatic rings. The monoisotopic (exact) mass is 251 g/mol. The lowest BCUT2D eigenvalue weighted by molar-refractivity contribution is -0.140. The molecule has 1 aromatic heterocycles. The molecular formula is C9H6F5N3. The van der Waals surface area contributed by atoms with Crippen molar-refractivity contribution in [3.05, 3.63) is 22.9 Å². The molecule has 0 aliphatic carbocycles. The minimum Gasteiger partial charge on any atom is -0.383 e. The second kappa shape index (κ2) is 4.53. The highest BCUT2D eigenvalue weighted by Gasteiger charge is 2.39. The van der Waals surface area contributed by atoms with E-state index in [1.54, 1.807) is 0 Å². The Morgan fingerprint density at radius 2 is 2.00 bits per heavy atom. The molecule has 0 aliphatic rings. The molecule has 1 rings (SSSR count). The van der Waals surface area contributed by atoms with Gasteiger partial charge in [-0.1, -0.05) is 0 Å². The third-order valence-corrected chi connectivity index (χ3v) is 2.02. The molecule has 0 bridgehead atoms. The Balaban J connectivity index is 3.57. The Labute approximate surface area is 92.7 Å². The van der Waals surface area contributed by atoms with Crippen molar-refractivity contribution in [2.75, 3.05) is 5.73 Å². The molecule has 0 fully saturated rings. The van der Waals surface area contributed by atoms with Crippen LogP contribution in [0.25, 0.3) is 0 Å². The standard InChI is InChI=1S/C9H6F5N3/c10-7(11)5-3-17-8(16)4(1-2-15)6(5)9(12,13)14/h3,7H,1H2,(H2,16,17). The van der Waals surface area contributed by atoms with Crippen molar-refractivity contribution < 1.29 is 22.0 Å². The second-order valence-electron chi connectivity index (χ2n) is 3.09. The molecule has 0 spiro atoms. The van der Waals surface area contributed by atoms with Gasteiger partial charge in [0.1, 0.15) is 5.82 Å². The predicted octanol–water partition coefficient (Wildman–Crippen LogP) is 2.69. The van der Waals surface area contributed by atoms with Crippen LogP contribution in [0.4, 0.5) is 27.8 Å². The van der Waals surface area contributed by atoms with Crippen LogP contribution in [-0.4, -0.2) is 4.98 Å². The summed E-state index contributed by atoms with van der Waals surface area (Å²) in [4.78, 5) is 3.24. The summed E-state index contributed by atoms with van der Waals surface area (Å²) in [6, 6.07) is 1.44. The molecular weight excluding hydrogens is 245 g/mol. The van der Waals surface area contributed by atoms with E-state index in [1.165, 1.54) is 6.07 Å². The first-order valence-corrected chi connectivity index (χ1v) is 4.28. The number of pyridine rings is 1. The minimum absolute atomic E-state index is 0.379. The van der Waals surface area contributed by atoms with E-state index in [1.807, 2.05) is 0 Å². The van der Waals surface area contributed by atoms with Crippen molar-refractivity contribution in [3.63, 3.8) is 0 Å². The predicted molar refractivity (Wildman–Crippen MR) is 47.9 cm³/mol. The van der Waals surface area contributed by atoms with E-state index in [2.05, 4.69) is 4.98 Å². The molecule has 0 saturated carbocycles. The van der Waals surface area contributed by atoms with Crippen LogP contribution in [0, 0.1) is 11.3 Å². The van der Waals surface area contributed by atoms with E-state index in [9.17, 15) is 22.0 Å². The lowest BCUT2D eigenvalue weighted by Gasteiger charge is -2.16. The molecule has 92 valence electrons. The average Bonchev–Trinajstić information content (AvgIpc) is 2.18. The Kier molecular flexibility index (Phi) is 3.50. The van der Waals surface area contributed by atoms with Crippen molar-refractivity contribution in [1.82, 2.24) is 4.98 Å². The molecule has 0 atom stereocenters. The molecule has 3 nitrogen and oxygen atoms in total. The summed E-state index contributed by atoms with van der Waals surface area (Å²) in [5, 5.41) is 8.38. The first-order valence-electron chi connectivity index (χ1n) is 4.28. The van der Waals surface area contributed by atoms with Crippen LogP contribution in [0.2, 0.25) is 0 Å². The number of nitrogen functional groups attached to an aromatic ring is 1. The average molecular weight is 251 g/mol. The number of nitrogens with zero attached hydrogens (tertiary/aromatic N) is 2. The maximum atomic E-state index is 12.6. The normalized spacial score (nSPS) is 11.6. The first kappa shape index (κ1) is 13.2. The van der Waals surface area contributed by atoms with Crippen molar-refractivity contribution in [1.29, 1.82) is 5.26 Å². The second-order valence-corrected chi connectivity index (χ2v) is 3.09. The first-order chi connectivity index (χ1) is 7.79. The van der Waals surface area contributed by atoms with E-state index in [-0.39, 0.29) is 0 Å². The molecule has 0 aliphatic heterocycles. The number of aromatic nitrogens is 1. The highest BCUT2D eigenvalue weighted by Crippen LogP contribution is 2.39. The van der Waals surface area contributed by atoms with Gasteiger partial charge in [0.15, 0.2) is 0 Å². The zero-order valence-electron chi connectivity index (χ0n) is 8.22. The summed E-state index contributed by atoms with van der Waals surface area (Å²) >= 11 is 0. The van der Waals surface area contributed by atoms with Gasteiger partial charge in [-0.3, -0.25) is 0 Å². The van der Waals surface area contributed by atoms with Crippen molar-refractivity contribution >= 4 is 5.82 Å². The Hall–Kier alpha value is -1.91. The number of hydrogen-bond acceptors (Lipinski definition) is 3. The largest absolute Gasteiger partial charge is 0.417 e. The highest BCUT2D eigenvalue weighted by molar-refractivity contribution is 5.50. The minimum atomic E-state index is -5.00. The van der Waals surface area contributed by atoms with Crippen LogP contribution in [0.1, 0.15) is 23.1 Å². The summed E-state index contributed by atoms with van der Waals surface area (Å²) in [5.74, 6) is -0.566. The van der Waals surface area contributed by atoms with Crippen LogP contribution in [-0.2, 0) is 12.6 Å². The van der Waals surface area contributed by atoms with Crippen molar-refractivity contribution in [2.24, 2.45) is 0 Å². The van der Waals surface area contributed by atoms with Gasteiger partial charge in [-0.25, -0.2) is 13.8 Å². The summed E-state index contributed by atoms with van der Waals surface area (Å²) in [5.41, 5.74) is 1.62. The van der Waals surface area contributed by atoms with Gasteiger partial charge in [-0.15, -0.1) is 0 Å². The number of halogens is 5. The third-order valence-electron chi connectivity index (χ3n) is 2.02. The number of nitriles is 1. The Morgan fingerprint density at radius 1 is 1.41 bits per heavy atom. The zero-order chi connectivity index (χ0) is 13.2. The number of alkyl halides is 5. The number of hydrogen-bond donors (Lipinski definition) is 1. The van der Waals surface area contributed by atoms with Crippen molar-refractivity contribution in [2.45, 2.75) is 19.0 Å². The lowest BCUT2D eigenvalue weighted by Crippen LogP contribution is -2.16. The number of rotatable bonds is 2. The molecule has 1 heterocycles. The third kappa shape index (κ3) is 2.61. The van der Waals surface area contributed by atoms with Crippen LogP contribution >= 0.6 is 0 Å². The summed E-state index contributed by atoms with van der Waals surface area (Å²) in [6.07, 6.45) is -8.69. The quantitative estimate of drug-likeness (QED) is 0.822. The fraction of sp³-hybridized carbons (Fsp3) is 0.333. The molecule has 0 unspecified atom stereocenters. The fourth-order valence-corrected chi connectivity index (χ4v) is 1.34. The SMILES string of the molecule is N#CCc1c(N)ncc(C(F)F)c1C(F)(F)F. The van der Waals surface area contributed by atoms with E-state index in [4.69, 9.17) is 11.0 Å². The summed E-state index contributed by atoms with van der Waals surface area (Å²) in [6.45, 7) is 0. The van der Waals surface area contributed by atoms with Gasteiger partial charge in [0.25, 0.3) is 6.43 Å². The van der Waals surface area contributed by atoms with Crippen LogP contribution in [0.15, 0.2) is 6.20 Å². The number of anilines is 1. The van der Waals surface area contributed by atoms with Gasteiger partial charge >= 0.3 is 6.18 Å². The smallest absolute Gasteiger partial charge is 0.383 e. The molecule has 17 heavy (non-hydrogen) atoms. The van der Waals surface area contributed by atoms with Gasteiger partial charge in [0.2, 0.25) is 0 Å². The van der Waals surface area contributed by atoms with Crippen molar-refractivity contribution in [3.8, 4) is 6.07 Å². The maximum Gasteiger partial charge on any atom is 0.417 e. The highest BCUT2D eigenvalue weighted by atomic mass is 19.4. The molecule has 0 saturated heterocycles. The molecule has 0 amide bonds. The van der Waals surface area contributed by atoms with E-state index < -0.39 is 41.5 Å². The topological polar surface area (TPSA) is 62.7 Å².